The zero-order chi connectivity index (χ0) is 12.3. The van der Waals surface area contributed by atoms with Gasteiger partial charge in [-0.1, -0.05) is 19.1 Å². The molecule has 0 aliphatic carbocycles. The van der Waals surface area contributed by atoms with E-state index >= 15 is 0 Å². The van der Waals surface area contributed by atoms with E-state index in [1.165, 1.54) is 5.56 Å². The smallest absolute Gasteiger partial charge is 0.119 e. The molecule has 96 valence electrons. The van der Waals surface area contributed by atoms with E-state index in [1.807, 2.05) is 12.1 Å². The largest absolute Gasteiger partial charge is 0.492 e. The number of aryl methyl sites for hydroxylation is 1. The molecule has 3 heteroatoms. The van der Waals surface area contributed by atoms with Gasteiger partial charge in [-0.15, -0.1) is 0 Å². The van der Waals surface area contributed by atoms with Crippen LogP contribution in [-0.4, -0.2) is 33.4 Å². The summed E-state index contributed by atoms with van der Waals surface area (Å²) < 4.78 is 10.6. The molecule has 0 amide bonds. The molecule has 0 radical (unpaired) electrons. The molecule has 1 rings (SSSR count). The molecular weight excluding hydrogens is 214 g/mol. The summed E-state index contributed by atoms with van der Waals surface area (Å²) >= 11 is 0. The van der Waals surface area contributed by atoms with Gasteiger partial charge in [0.25, 0.3) is 0 Å². The molecule has 0 saturated heterocycles. The zero-order valence-corrected chi connectivity index (χ0v) is 10.9. The van der Waals surface area contributed by atoms with Crippen LogP contribution >= 0.6 is 0 Å². The molecule has 1 N–H and O–H groups in total. The first-order valence-corrected chi connectivity index (χ1v) is 6.28. The maximum atomic E-state index is 5.66. The zero-order valence-electron chi connectivity index (χ0n) is 10.9. The van der Waals surface area contributed by atoms with Crippen LogP contribution in [0.5, 0.6) is 5.75 Å². The molecule has 0 saturated carbocycles. The summed E-state index contributed by atoms with van der Waals surface area (Å²) in [5.41, 5.74) is 1.32. The average Bonchev–Trinajstić information content (AvgIpc) is 2.38. The lowest BCUT2D eigenvalue weighted by Gasteiger charge is -2.08. The minimum absolute atomic E-state index is 0.708. The van der Waals surface area contributed by atoms with Crippen LogP contribution in [0.15, 0.2) is 24.3 Å². The highest BCUT2D eigenvalue weighted by Crippen LogP contribution is 2.13. The lowest BCUT2D eigenvalue weighted by Crippen LogP contribution is -2.22. The van der Waals surface area contributed by atoms with Crippen molar-refractivity contribution in [2.75, 3.05) is 33.4 Å². The fraction of sp³-hybridized carbons (Fsp3) is 0.571. The molecule has 0 fully saturated rings. The van der Waals surface area contributed by atoms with E-state index < -0.39 is 0 Å². The van der Waals surface area contributed by atoms with Crippen molar-refractivity contribution in [3.8, 4) is 5.75 Å². The predicted molar refractivity (Wildman–Crippen MR) is 70.7 cm³/mol. The SMILES string of the molecule is CCc1cccc(OCCNCCCOC)c1. The van der Waals surface area contributed by atoms with E-state index in [2.05, 4.69) is 24.4 Å². The summed E-state index contributed by atoms with van der Waals surface area (Å²) in [6.07, 6.45) is 2.09. The van der Waals surface area contributed by atoms with Gasteiger partial charge in [-0.2, -0.15) is 0 Å². The van der Waals surface area contributed by atoms with E-state index in [9.17, 15) is 0 Å². The van der Waals surface area contributed by atoms with Crippen molar-refractivity contribution >= 4 is 0 Å². The summed E-state index contributed by atoms with van der Waals surface area (Å²) in [7, 11) is 1.73. The Morgan fingerprint density at radius 3 is 2.82 bits per heavy atom. The fourth-order valence-corrected chi connectivity index (χ4v) is 1.56. The molecule has 0 unspecified atom stereocenters. The second-order valence-corrected chi connectivity index (χ2v) is 3.95. The topological polar surface area (TPSA) is 30.5 Å². The molecule has 0 aromatic heterocycles. The number of methoxy groups -OCH3 is 1. The molecule has 1 aromatic carbocycles. The highest BCUT2D eigenvalue weighted by Gasteiger charge is 1.95. The Morgan fingerprint density at radius 2 is 2.06 bits per heavy atom. The van der Waals surface area contributed by atoms with E-state index in [-0.39, 0.29) is 0 Å². The third kappa shape index (κ3) is 6.29. The van der Waals surface area contributed by atoms with Gasteiger partial charge >= 0.3 is 0 Å². The Balaban J connectivity index is 2.09. The molecule has 0 atom stereocenters. The van der Waals surface area contributed by atoms with Gasteiger partial charge < -0.3 is 14.8 Å². The monoisotopic (exact) mass is 237 g/mol. The van der Waals surface area contributed by atoms with Crippen molar-refractivity contribution in [2.24, 2.45) is 0 Å². The van der Waals surface area contributed by atoms with Crippen LogP contribution < -0.4 is 10.1 Å². The Labute approximate surface area is 104 Å². The molecule has 0 spiro atoms. The van der Waals surface area contributed by atoms with E-state index in [4.69, 9.17) is 9.47 Å². The first-order chi connectivity index (χ1) is 8.36. The minimum atomic E-state index is 0.708. The van der Waals surface area contributed by atoms with Crippen LogP contribution in [0.3, 0.4) is 0 Å². The molecule has 0 bridgehead atoms. The number of benzene rings is 1. The van der Waals surface area contributed by atoms with Gasteiger partial charge in [-0.05, 0) is 37.1 Å². The molecule has 0 aliphatic rings. The van der Waals surface area contributed by atoms with Crippen molar-refractivity contribution in [3.63, 3.8) is 0 Å². The second-order valence-electron chi connectivity index (χ2n) is 3.95. The number of hydrogen-bond donors (Lipinski definition) is 1. The maximum absolute atomic E-state index is 5.66. The third-order valence-corrected chi connectivity index (χ3v) is 2.56. The van der Waals surface area contributed by atoms with E-state index in [0.717, 1.165) is 38.3 Å². The lowest BCUT2D eigenvalue weighted by atomic mass is 10.2. The predicted octanol–water partition coefficient (Wildman–Crippen LogP) is 2.25. The normalized spacial score (nSPS) is 10.5. The summed E-state index contributed by atoms with van der Waals surface area (Å²) in [6.45, 7) is 5.52. The molecule has 17 heavy (non-hydrogen) atoms. The molecule has 3 nitrogen and oxygen atoms in total. The van der Waals surface area contributed by atoms with Crippen LogP contribution in [0, 0.1) is 0 Å². The number of hydrogen-bond acceptors (Lipinski definition) is 3. The van der Waals surface area contributed by atoms with Gasteiger partial charge in [-0.25, -0.2) is 0 Å². The Morgan fingerprint density at radius 1 is 1.18 bits per heavy atom. The molecular formula is C14H23NO2. The standard InChI is InChI=1S/C14H23NO2/c1-3-13-6-4-7-14(12-13)17-11-9-15-8-5-10-16-2/h4,6-7,12,15H,3,5,8-11H2,1-2H3. The van der Waals surface area contributed by atoms with Gasteiger partial charge in [0, 0.05) is 20.3 Å². The Kier molecular flexibility index (Phi) is 7.43. The van der Waals surface area contributed by atoms with Crippen LogP contribution in [-0.2, 0) is 11.2 Å². The number of ether oxygens (including phenoxy) is 2. The third-order valence-electron chi connectivity index (χ3n) is 2.56. The van der Waals surface area contributed by atoms with Gasteiger partial charge in [0.1, 0.15) is 12.4 Å². The number of rotatable bonds is 9. The minimum Gasteiger partial charge on any atom is -0.492 e. The van der Waals surface area contributed by atoms with Gasteiger partial charge in [-0.3, -0.25) is 0 Å². The maximum Gasteiger partial charge on any atom is 0.119 e. The van der Waals surface area contributed by atoms with Crippen LogP contribution in [0.25, 0.3) is 0 Å². The highest BCUT2D eigenvalue weighted by molar-refractivity contribution is 5.28. The van der Waals surface area contributed by atoms with Crippen molar-refractivity contribution in [3.05, 3.63) is 29.8 Å². The quantitative estimate of drug-likeness (QED) is 0.668. The van der Waals surface area contributed by atoms with E-state index in [1.54, 1.807) is 7.11 Å². The van der Waals surface area contributed by atoms with Crippen LogP contribution in [0.2, 0.25) is 0 Å². The molecule has 0 aliphatic heterocycles. The second kappa shape index (κ2) is 9.02. The first kappa shape index (κ1) is 14.0. The summed E-state index contributed by atoms with van der Waals surface area (Å²) in [5, 5.41) is 3.31. The van der Waals surface area contributed by atoms with Crippen molar-refractivity contribution in [2.45, 2.75) is 19.8 Å². The van der Waals surface area contributed by atoms with Crippen molar-refractivity contribution in [1.82, 2.24) is 5.32 Å². The van der Waals surface area contributed by atoms with Gasteiger partial charge in [0.2, 0.25) is 0 Å². The van der Waals surface area contributed by atoms with E-state index in [0.29, 0.717) is 6.61 Å². The Bertz CT molecular complexity index is 302. The molecule has 1 aromatic rings. The van der Waals surface area contributed by atoms with Crippen molar-refractivity contribution < 1.29 is 9.47 Å². The van der Waals surface area contributed by atoms with Crippen LogP contribution in [0.4, 0.5) is 0 Å². The van der Waals surface area contributed by atoms with Crippen LogP contribution in [0.1, 0.15) is 18.9 Å². The number of nitrogens with one attached hydrogen (secondary N) is 1. The fourth-order valence-electron chi connectivity index (χ4n) is 1.56. The van der Waals surface area contributed by atoms with Gasteiger partial charge in [0.15, 0.2) is 0 Å². The summed E-state index contributed by atoms with van der Waals surface area (Å²) in [5.74, 6) is 0.961. The highest BCUT2D eigenvalue weighted by atomic mass is 16.5. The first-order valence-electron chi connectivity index (χ1n) is 6.28. The average molecular weight is 237 g/mol. The Hall–Kier alpha value is -1.06. The van der Waals surface area contributed by atoms with Crippen molar-refractivity contribution in [1.29, 1.82) is 0 Å². The van der Waals surface area contributed by atoms with Gasteiger partial charge in [0.05, 0.1) is 0 Å². The summed E-state index contributed by atoms with van der Waals surface area (Å²) in [4.78, 5) is 0. The lowest BCUT2D eigenvalue weighted by molar-refractivity contribution is 0.193. The molecule has 0 heterocycles. The summed E-state index contributed by atoms with van der Waals surface area (Å²) in [6, 6.07) is 8.27.